The summed E-state index contributed by atoms with van der Waals surface area (Å²) in [6.45, 7) is 11.2. The minimum Gasteiger partial charge on any atom is -0.310 e. The Bertz CT molecular complexity index is 392. The van der Waals surface area contributed by atoms with E-state index in [4.69, 9.17) is 4.98 Å². The summed E-state index contributed by atoms with van der Waals surface area (Å²) in [5.41, 5.74) is 1.22. The van der Waals surface area contributed by atoms with Crippen LogP contribution in [-0.2, 0) is 13.0 Å². The van der Waals surface area contributed by atoms with Crippen molar-refractivity contribution in [3.05, 3.63) is 15.6 Å². The third-order valence-electron chi connectivity index (χ3n) is 3.95. The van der Waals surface area contributed by atoms with Gasteiger partial charge in [0.25, 0.3) is 0 Å². The van der Waals surface area contributed by atoms with Crippen molar-refractivity contribution >= 4 is 11.3 Å². The number of thiazole rings is 1. The second-order valence-electron chi connectivity index (χ2n) is 6.16. The first-order valence-electron chi connectivity index (χ1n) is 8.06. The Morgan fingerprint density at radius 1 is 1.20 bits per heavy atom. The Hall–Kier alpha value is -0.450. The quantitative estimate of drug-likeness (QED) is 0.872. The van der Waals surface area contributed by atoms with Crippen LogP contribution in [0.15, 0.2) is 0 Å². The molecule has 0 atom stereocenters. The highest BCUT2D eigenvalue weighted by Crippen LogP contribution is 2.19. The molecule has 1 aromatic rings. The van der Waals surface area contributed by atoms with Crippen LogP contribution < -0.4 is 5.32 Å². The highest BCUT2D eigenvalue weighted by molar-refractivity contribution is 7.11. The fourth-order valence-electron chi connectivity index (χ4n) is 2.67. The minimum atomic E-state index is 0.539. The van der Waals surface area contributed by atoms with Gasteiger partial charge in [0.05, 0.1) is 10.7 Å². The molecule has 0 bridgehead atoms. The van der Waals surface area contributed by atoms with Crippen LogP contribution in [-0.4, -0.2) is 35.6 Å². The summed E-state index contributed by atoms with van der Waals surface area (Å²) in [6.07, 6.45) is 6.70. The van der Waals surface area contributed by atoms with Crippen molar-refractivity contribution in [2.24, 2.45) is 0 Å². The SMILES string of the molecule is Cc1nc(CCN2CCCCCC2)sc1CNC(C)C. The van der Waals surface area contributed by atoms with Gasteiger partial charge in [0, 0.05) is 30.4 Å². The molecular weight excluding hydrogens is 266 g/mol. The molecule has 0 radical (unpaired) electrons. The van der Waals surface area contributed by atoms with E-state index in [1.807, 2.05) is 11.3 Å². The van der Waals surface area contributed by atoms with E-state index in [1.165, 1.54) is 60.9 Å². The molecule has 0 unspecified atom stereocenters. The molecule has 1 aliphatic heterocycles. The highest BCUT2D eigenvalue weighted by atomic mass is 32.1. The molecule has 1 aromatic heterocycles. The zero-order valence-electron chi connectivity index (χ0n) is 13.2. The maximum Gasteiger partial charge on any atom is 0.0944 e. The third kappa shape index (κ3) is 5.15. The van der Waals surface area contributed by atoms with E-state index in [0.29, 0.717) is 6.04 Å². The first-order chi connectivity index (χ1) is 9.65. The van der Waals surface area contributed by atoms with Crippen LogP contribution in [0, 0.1) is 6.92 Å². The van der Waals surface area contributed by atoms with Gasteiger partial charge >= 0.3 is 0 Å². The van der Waals surface area contributed by atoms with Crippen LogP contribution in [0.4, 0.5) is 0 Å². The average molecular weight is 295 g/mol. The molecule has 0 saturated carbocycles. The zero-order chi connectivity index (χ0) is 14.4. The number of hydrogen-bond acceptors (Lipinski definition) is 4. The van der Waals surface area contributed by atoms with Crippen LogP contribution in [0.2, 0.25) is 0 Å². The number of nitrogens with zero attached hydrogens (tertiary/aromatic N) is 2. The maximum absolute atomic E-state index is 4.75. The van der Waals surface area contributed by atoms with Gasteiger partial charge in [-0.1, -0.05) is 26.7 Å². The lowest BCUT2D eigenvalue weighted by Gasteiger charge is -2.18. The maximum atomic E-state index is 4.75. The predicted molar refractivity (Wildman–Crippen MR) is 87.4 cm³/mol. The van der Waals surface area contributed by atoms with Crippen LogP contribution in [0.3, 0.4) is 0 Å². The molecule has 2 rings (SSSR count). The summed E-state index contributed by atoms with van der Waals surface area (Å²) < 4.78 is 0. The molecule has 114 valence electrons. The predicted octanol–water partition coefficient (Wildman–Crippen LogP) is 3.37. The van der Waals surface area contributed by atoms with E-state index in [-0.39, 0.29) is 0 Å². The normalized spacial score (nSPS) is 17.6. The second-order valence-corrected chi connectivity index (χ2v) is 7.33. The summed E-state index contributed by atoms with van der Waals surface area (Å²) in [5, 5.41) is 4.80. The van der Waals surface area contributed by atoms with E-state index in [0.717, 1.165) is 13.0 Å². The molecule has 4 heteroatoms. The second kappa shape index (κ2) is 8.11. The molecule has 1 saturated heterocycles. The lowest BCUT2D eigenvalue weighted by atomic mass is 10.2. The Labute approximate surface area is 127 Å². The van der Waals surface area contributed by atoms with Crippen molar-refractivity contribution in [3.8, 4) is 0 Å². The van der Waals surface area contributed by atoms with Gasteiger partial charge in [-0.3, -0.25) is 0 Å². The summed E-state index contributed by atoms with van der Waals surface area (Å²) in [6, 6.07) is 0.539. The van der Waals surface area contributed by atoms with Gasteiger partial charge in [-0.2, -0.15) is 0 Å². The van der Waals surface area contributed by atoms with Crippen molar-refractivity contribution in [2.45, 2.75) is 65.5 Å². The fourth-order valence-corrected chi connectivity index (χ4v) is 3.68. The Morgan fingerprint density at radius 3 is 2.55 bits per heavy atom. The van der Waals surface area contributed by atoms with Gasteiger partial charge in [0.2, 0.25) is 0 Å². The summed E-state index contributed by atoms with van der Waals surface area (Å²) >= 11 is 1.89. The van der Waals surface area contributed by atoms with Crippen molar-refractivity contribution in [3.63, 3.8) is 0 Å². The van der Waals surface area contributed by atoms with E-state index in [9.17, 15) is 0 Å². The highest BCUT2D eigenvalue weighted by Gasteiger charge is 2.12. The van der Waals surface area contributed by atoms with E-state index >= 15 is 0 Å². The number of rotatable bonds is 6. The summed E-state index contributed by atoms with van der Waals surface area (Å²) in [4.78, 5) is 8.78. The lowest BCUT2D eigenvalue weighted by Crippen LogP contribution is -2.26. The third-order valence-corrected chi connectivity index (χ3v) is 5.17. The van der Waals surface area contributed by atoms with Gasteiger partial charge in [-0.25, -0.2) is 4.98 Å². The van der Waals surface area contributed by atoms with E-state index in [1.54, 1.807) is 0 Å². The average Bonchev–Trinajstić information content (AvgIpc) is 2.63. The molecule has 0 spiro atoms. The largest absolute Gasteiger partial charge is 0.310 e. The Balaban J connectivity index is 1.81. The Morgan fingerprint density at radius 2 is 1.90 bits per heavy atom. The van der Waals surface area contributed by atoms with Crippen molar-refractivity contribution in [1.29, 1.82) is 0 Å². The van der Waals surface area contributed by atoms with Crippen LogP contribution in [0.1, 0.15) is 55.1 Å². The molecule has 3 nitrogen and oxygen atoms in total. The first-order valence-corrected chi connectivity index (χ1v) is 8.87. The molecule has 1 aliphatic rings. The van der Waals surface area contributed by atoms with Gasteiger partial charge in [-0.05, 0) is 32.9 Å². The smallest absolute Gasteiger partial charge is 0.0944 e. The van der Waals surface area contributed by atoms with Crippen molar-refractivity contribution in [2.75, 3.05) is 19.6 Å². The van der Waals surface area contributed by atoms with Crippen LogP contribution in [0.25, 0.3) is 0 Å². The molecule has 0 amide bonds. The van der Waals surface area contributed by atoms with Crippen molar-refractivity contribution < 1.29 is 0 Å². The van der Waals surface area contributed by atoms with Crippen LogP contribution in [0.5, 0.6) is 0 Å². The standard InChI is InChI=1S/C16H29N3S/c1-13(2)17-12-15-14(3)18-16(20-15)8-11-19-9-6-4-5-7-10-19/h13,17H,4-12H2,1-3H3. The number of aryl methyl sites for hydroxylation is 1. The first kappa shape index (κ1) is 15.9. The van der Waals surface area contributed by atoms with E-state index < -0.39 is 0 Å². The Kier molecular flexibility index (Phi) is 6.46. The molecule has 1 N–H and O–H groups in total. The molecular formula is C16H29N3S. The zero-order valence-corrected chi connectivity index (χ0v) is 14.1. The van der Waals surface area contributed by atoms with Gasteiger partial charge in [0.15, 0.2) is 0 Å². The minimum absolute atomic E-state index is 0.539. The van der Waals surface area contributed by atoms with Crippen molar-refractivity contribution in [1.82, 2.24) is 15.2 Å². The molecule has 0 aromatic carbocycles. The molecule has 0 aliphatic carbocycles. The molecule has 2 heterocycles. The van der Waals surface area contributed by atoms with Gasteiger partial charge < -0.3 is 10.2 Å². The molecule has 1 fully saturated rings. The van der Waals surface area contributed by atoms with E-state index in [2.05, 4.69) is 31.0 Å². The molecule has 20 heavy (non-hydrogen) atoms. The lowest BCUT2D eigenvalue weighted by molar-refractivity contribution is 0.288. The number of hydrogen-bond donors (Lipinski definition) is 1. The number of aromatic nitrogens is 1. The van der Waals surface area contributed by atoms with Crippen LogP contribution >= 0.6 is 11.3 Å². The topological polar surface area (TPSA) is 28.2 Å². The summed E-state index contributed by atoms with van der Waals surface area (Å²) in [7, 11) is 0. The monoisotopic (exact) mass is 295 g/mol. The number of likely N-dealkylation sites (tertiary alicyclic amines) is 1. The van der Waals surface area contributed by atoms with Gasteiger partial charge in [0.1, 0.15) is 0 Å². The van der Waals surface area contributed by atoms with Gasteiger partial charge in [-0.15, -0.1) is 11.3 Å². The summed E-state index contributed by atoms with van der Waals surface area (Å²) in [5.74, 6) is 0. The number of nitrogens with one attached hydrogen (secondary N) is 1. The fraction of sp³-hybridized carbons (Fsp3) is 0.812.